The van der Waals surface area contributed by atoms with Crippen LogP contribution < -0.4 is 4.74 Å². The number of pyridine rings is 1. The van der Waals surface area contributed by atoms with Crippen molar-refractivity contribution in [3.05, 3.63) is 65.0 Å². The van der Waals surface area contributed by atoms with Gasteiger partial charge in [-0.25, -0.2) is 0 Å². The van der Waals surface area contributed by atoms with Crippen LogP contribution in [0.1, 0.15) is 43.0 Å². The fourth-order valence-corrected chi connectivity index (χ4v) is 4.04. The molecule has 7 heteroatoms. The molecule has 7 nitrogen and oxygen atoms in total. The number of aliphatic hydroxyl groups excluding tert-OH is 1. The van der Waals surface area contributed by atoms with E-state index in [2.05, 4.69) is 4.98 Å². The topological polar surface area (TPSA) is 89.0 Å². The Morgan fingerprint density at radius 1 is 1.32 bits per heavy atom. The predicted molar refractivity (Wildman–Crippen MR) is 115 cm³/mol. The number of ketones is 1. The van der Waals surface area contributed by atoms with Gasteiger partial charge in [-0.3, -0.25) is 14.6 Å². The van der Waals surface area contributed by atoms with Gasteiger partial charge in [0.05, 0.1) is 24.3 Å². The summed E-state index contributed by atoms with van der Waals surface area (Å²) in [6.45, 7) is 5.31. The molecule has 1 unspecified atom stereocenters. The lowest BCUT2D eigenvalue weighted by atomic mass is 9.95. The Hall–Kier alpha value is -3.19. The lowest BCUT2D eigenvalue weighted by Crippen LogP contribution is -2.31. The summed E-state index contributed by atoms with van der Waals surface area (Å²) >= 11 is 0. The maximum absolute atomic E-state index is 13.0. The van der Waals surface area contributed by atoms with Gasteiger partial charge in [0.2, 0.25) is 0 Å². The molecule has 1 saturated heterocycles. The number of hydrogen-bond donors (Lipinski definition) is 1. The van der Waals surface area contributed by atoms with Gasteiger partial charge in [0.1, 0.15) is 11.5 Å². The van der Waals surface area contributed by atoms with Crippen molar-refractivity contribution in [2.24, 2.45) is 0 Å². The highest BCUT2D eigenvalue weighted by atomic mass is 16.5. The van der Waals surface area contributed by atoms with Crippen LogP contribution in [0.2, 0.25) is 0 Å². The molecule has 1 atom stereocenters. The number of carbonyl (C=O) groups is 2. The van der Waals surface area contributed by atoms with Crippen molar-refractivity contribution in [1.82, 2.24) is 9.88 Å². The second-order valence-corrected chi connectivity index (χ2v) is 7.97. The highest BCUT2D eigenvalue weighted by Crippen LogP contribution is 2.40. The summed E-state index contributed by atoms with van der Waals surface area (Å²) in [5, 5.41) is 11.1. The number of ether oxygens (including phenoxy) is 2. The summed E-state index contributed by atoms with van der Waals surface area (Å²) in [5.41, 5.74) is 2.24. The summed E-state index contributed by atoms with van der Waals surface area (Å²) in [7, 11) is 0. The van der Waals surface area contributed by atoms with Gasteiger partial charge in [-0.15, -0.1) is 0 Å². The maximum atomic E-state index is 13.0. The van der Waals surface area contributed by atoms with Crippen molar-refractivity contribution in [2.75, 3.05) is 19.8 Å². The Labute approximate surface area is 181 Å². The molecular formula is C24H26N2O5. The van der Waals surface area contributed by atoms with Crippen LogP contribution in [0.25, 0.3) is 5.76 Å². The first-order valence-corrected chi connectivity index (χ1v) is 10.5. The molecule has 0 bridgehead atoms. The molecule has 1 fully saturated rings. The standard InChI is InChI=1S/C24H26N2O5/c1-15(2)30-11-4-10-26-21(18-5-3-9-25-14-18)20(23(28)24(26)29)22(27)17-6-7-19-16(13-17)8-12-31-19/h3,5-7,9,13-15,21,27H,4,8,10-12H2,1-2H3/b22-20-. The van der Waals surface area contributed by atoms with Gasteiger partial charge in [-0.05, 0) is 55.7 Å². The minimum absolute atomic E-state index is 0.0849. The Bertz CT molecular complexity index is 1020. The molecule has 4 rings (SSSR count). The van der Waals surface area contributed by atoms with Crippen LogP contribution in [0.5, 0.6) is 5.75 Å². The molecule has 2 aromatic rings. The molecule has 31 heavy (non-hydrogen) atoms. The number of fused-ring (bicyclic) bond motifs is 1. The van der Waals surface area contributed by atoms with E-state index < -0.39 is 17.7 Å². The van der Waals surface area contributed by atoms with Crippen molar-refractivity contribution in [1.29, 1.82) is 0 Å². The molecule has 3 heterocycles. The van der Waals surface area contributed by atoms with Crippen LogP contribution in [0.15, 0.2) is 48.3 Å². The minimum Gasteiger partial charge on any atom is -0.507 e. The number of Topliss-reactive ketones (excluding diaryl/α,β-unsaturated/α-hetero) is 1. The van der Waals surface area contributed by atoms with E-state index in [1.54, 1.807) is 30.6 Å². The van der Waals surface area contributed by atoms with Gasteiger partial charge in [0.25, 0.3) is 11.7 Å². The molecule has 0 aliphatic carbocycles. The van der Waals surface area contributed by atoms with Crippen LogP contribution >= 0.6 is 0 Å². The number of amides is 1. The number of carbonyl (C=O) groups excluding carboxylic acids is 2. The van der Waals surface area contributed by atoms with Crippen LogP contribution in [0.3, 0.4) is 0 Å². The third kappa shape index (κ3) is 4.18. The van der Waals surface area contributed by atoms with Crippen LogP contribution in [-0.2, 0) is 20.7 Å². The van der Waals surface area contributed by atoms with Crippen LogP contribution in [0.4, 0.5) is 0 Å². The Morgan fingerprint density at radius 2 is 2.16 bits per heavy atom. The third-order valence-corrected chi connectivity index (χ3v) is 5.50. The molecule has 1 amide bonds. The quantitative estimate of drug-likeness (QED) is 0.319. The lowest BCUT2D eigenvalue weighted by Gasteiger charge is -2.25. The minimum atomic E-state index is -0.697. The Balaban J connectivity index is 1.72. The van der Waals surface area contributed by atoms with Crippen molar-refractivity contribution >= 4 is 17.4 Å². The molecule has 0 saturated carbocycles. The number of hydrogen-bond acceptors (Lipinski definition) is 6. The normalized spacial score (nSPS) is 19.7. The van der Waals surface area contributed by atoms with Gasteiger partial charge >= 0.3 is 0 Å². The summed E-state index contributed by atoms with van der Waals surface area (Å²) in [4.78, 5) is 31.6. The largest absolute Gasteiger partial charge is 0.507 e. The number of likely N-dealkylation sites (tertiary alicyclic amines) is 1. The first-order chi connectivity index (χ1) is 15.0. The van der Waals surface area contributed by atoms with E-state index in [4.69, 9.17) is 9.47 Å². The fourth-order valence-electron chi connectivity index (χ4n) is 4.04. The maximum Gasteiger partial charge on any atom is 0.295 e. The van der Waals surface area contributed by atoms with E-state index >= 15 is 0 Å². The third-order valence-electron chi connectivity index (χ3n) is 5.50. The molecular weight excluding hydrogens is 396 g/mol. The van der Waals surface area contributed by atoms with E-state index in [0.29, 0.717) is 37.3 Å². The van der Waals surface area contributed by atoms with E-state index in [0.717, 1.165) is 17.7 Å². The zero-order chi connectivity index (χ0) is 22.0. The molecule has 1 N–H and O–H groups in total. The molecule has 2 aliphatic rings. The fraction of sp³-hybridized carbons (Fsp3) is 0.375. The number of aliphatic hydroxyl groups is 1. The Kier molecular flexibility index (Phi) is 6.04. The summed E-state index contributed by atoms with van der Waals surface area (Å²) in [6, 6.07) is 8.19. The zero-order valence-electron chi connectivity index (χ0n) is 17.7. The van der Waals surface area contributed by atoms with Crippen molar-refractivity contribution in [2.45, 2.75) is 38.8 Å². The highest BCUT2D eigenvalue weighted by molar-refractivity contribution is 6.46. The second-order valence-electron chi connectivity index (χ2n) is 7.97. The molecule has 162 valence electrons. The van der Waals surface area contributed by atoms with Crippen molar-refractivity contribution in [3.8, 4) is 5.75 Å². The van der Waals surface area contributed by atoms with Gasteiger partial charge in [0.15, 0.2) is 0 Å². The average molecular weight is 422 g/mol. The first kappa shape index (κ1) is 21.1. The number of rotatable bonds is 7. The number of aromatic nitrogens is 1. The summed E-state index contributed by atoms with van der Waals surface area (Å²) in [6.07, 6.45) is 4.67. The zero-order valence-corrected chi connectivity index (χ0v) is 17.7. The SMILES string of the molecule is CC(C)OCCCN1C(=O)C(=O)/C(=C(\O)c2ccc3c(c2)CCO3)C1c1cccnc1. The smallest absolute Gasteiger partial charge is 0.295 e. The summed E-state index contributed by atoms with van der Waals surface area (Å²) in [5.74, 6) is -0.703. The van der Waals surface area contributed by atoms with Gasteiger partial charge < -0.3 is 19.5 Å². The van der Waals surface area contributed by atoms with Crippen molar-refractivity contribution in [3.63, 3.8) is 0 Å². The van der Waals surface area contributed by atoms with E-state index in [-0.39, 0.29) is 17.4 Å². The van der Waals surface area contributed by atoms with E-state index in [1.165, 1.54) is 4.90 Å². The first-order valence-electron chi connectivity index (χ1n) is 10.5. The molecule has 0 radical (unpaired) electrons. The predicted octanol–water partition coefficient (Wildman–Crippen LogP) is 3.25. The van der Waals surface area contributed by atoms with E-state index in [1.807, 2.05) is 26.0 Å². The number of benzene rings is 1. The average Bonchev–Trinajstić information content (AvgIpc) is 3.34. The van der Waals surface area contributed by atoms with Crippen LogP contribution in [0, 0.1) is 0 Å². The monoisotopic (exact) mass is 422 g/mol. The Morgan fingerprint density at radius 3 is 2.90 bits per heavy atom. The second kappa shape index (κ2) is 8.89. The molecule has 2 aliphatic heterocycles. The van der Waals surface area contributed by atoms with Crippen LogP contribution in [-0.4, -0.2) is 52.5 Å². The van der Waals surface area contributed by atoms with E-state index in [9.17, 15) is 14.7 Å². The summed E-state index contributed by atoms with van der Waals surface area (Å²) < 4.78 is 11.1. The van der Waals surface area contributed by atoms with Gasteiger partial charge in [0, 0.05) is 37.5 Å². The molecule has 1 aromatic carbocycles. The molecule has 0 spiro atoms. The molecule has 1 aromatic heterocycles. The van der Waals surface area contributed by atoms with Gasteiger partial charge in [-0.1, -0.05) is 6.07 Å². The van der Waals surface area contributed by atoms with Crippen molar-refractivity contribution < 1.29 is 24.2 Å². The van der Waals surface area contributed by atoms with Gasteiger partial charge in [-0.2, -0.15) is 0 Å². The number of nitrogens with zero attached hydrogens (tertiary/aromatic N) is 2. The highest BCUT2D eigenvalue weighted by Gasteiger charge is 2.46. The lowest BCUT2D eigenvalue weighted by molar-refractivity contribution is -0.140.